The topological polar surface area (TPSA) is 32.3 Å². The average molecular weight is 260 g/mol. The van der Waals surface area contributed by atoms with E-state index in [0.29, 0.717) is 0 Å². The third-order valence-corrected chi connectivity index (χ3v) is 3.83. The van der Waals surface area contributed by atoms with Gasteiger partial charge in [-0.25, -0.2) is 0 Å². The molecule has 2 rings (SSSR count). The maximum Gasteiger partial charge on any atom is 0.239 e. The molecule has 0 spiro atoms. The van der Waals surface area contributed by atoms with E-state index in [1.807, 2.05) is 20.9 Å². The second kappa shape index (κ2) is 6.20. The Morgan fingerprint density at radius 3 is 2.84 bits per heavy atom. The van der Waals surface area contributed by atoms with Crippen LogP contribution in [0.5, 0.6) is 0 Å². The first-order valence-corrected chi connectivity index (χ1v) is 7.19. The molecule has 1 amide bonds. The second-order valence-corrected chi connectivity index (χ2v) is 5.47. The SMILES string of the molecule is CCN(C)C(=O)C(C)NCc1cccc(C2CC2)c1. The van der Waals surface area contributed by atoms with Crippen molar-refractivity contribution in [2.75, 3.05) is 13.6 Å². The molecule has 0 radical (unpaired) electrons. The van der Waals surface area contributed by atoms with E-state index < -0.39 is 0 Å². The van der Waals surface area contributed by atoms with Crippen LogP contribution in [0.15, 0.2) is 24.3 Å². The van der Waals surface area contributed by atoms with Crippen LogP contribution in [0.3, 0.4) is 0 Å². The molecule has 1 aromatic rings. The van der Waals surface area contributed by atoms with Gasteiger partial charge < -0.3 is 10.2 Å². The van der Waals surface area contributed by atoms with E-state index in [0.717, 1.165) is 19.0 Å². The monoisotopic (exact) mass is 260 g/mol. The van der Waals surface area contributed by atoms with Gasteiger partial charge in [0.05, 0.1) is 6.04 Å². The van der Waals surface area contributed by atoms with Gasteiger partial charge in [-0.3, -0.25) is 4.79 Å². The first kappa shape index (κ1) is 14.1. The molecule has 1 saturated carbocycles. The van der Waals surface area contributed by atoms with Crippen molar-refractivity contribution in [3.8, 4) is 0 Å². The van der Waals surface area contributed by atoms with Gasteiger partial charge in [-0.1, -0.05) is 24.3 Å². The molecule has 0 bridgehead atoms. The van der Waals surface area contributed by atoms with Crippen molar-refractivity contribution in [2.45, 2.75) is 45.2 Å². The van der Waals surface area contributed by atoms with Crippen LogP contribution in [0.2, 0.25) is 0 Å². The van der Waals surface area contributed by atoms with Crippen molar-refractivity contribution >= 4 is 5.91 Å². The van der Waals surface area contributed by atoms with E-state index in [4.69, 9.17) is 0 Å². The minimum atomic E-state index is -0.130. The lowest BCUT2D eigenvalue weighted by molar-refractivity contribution is -0.131. The molecule has 1 fully saturated rings. The molecule has 1 aliphatic carbocycles. The minimum absolute atomic E-state index is 0.130. The number of rotatable bonds is 6. The van der Waals surface area contributed by atoms with Crippen molar-refractivity contribution in [3.05, 3.63) is 35.4 Å². The molecule has 1 atom stereocenters. The first-order valence-electron chi connectivity index (χ1n) is 7.19. The van der Waals surface area contributed by atoms with Gasteiger partial charge in [0.2, 0.25) is 5.91 Å². The molecule has 0 heterocycles. The Bertz CT molecular complexity index is 440. The minimum Gasteiger partial charge on any atom is -0.345 e. The smallest absolute Gasteiger partial charge is 0.239 e. The van der Waals surface area contributed by atoms with Gasteiger partial charge in [-0.2, -0.15) is 0 Å². The highest BCUT2D eigenvalue weighted by atomic mass is 16.2. The Kier molecular flexibility index (Phi) is 4.59. The molecule has 104 valence electrons. The molecule has 0 saturated heterocycles. The summed E-state index contributed by atoms with van der Waals surface area (Å²) in [5.74, 6) is 0.936. The summed E-state index contributed by atoms with van der Waals surface area (Å²) in [5, 5.41) is 3.31. The Morgan fingerprint density at radius 1 is 1.47 bits per heavy atom. The fraction of sp³-hybridized carbons (Fsp3) is 0.562. The lowest BCUT2D eigenvalue weighted by Crippen LogP contribution is -2.42. The third-order valence-electron chi connectivity index (χ3n) is 3.83. The fourth-order valence-electron chi connectivity index (χ4n) is 2.22. The second-order valence-electron chi connectivity index (χ2n) is 5.47. The van der Waals surface area contributed by atoms with Gasteiger partial charge in [0.1, 0.15) is 0 Å². The van der Waals surface area contributed by atoms with Crippen LogP contribution in [0.4, 0.5) is 0 Å². The van der Waals surface area contributed by atoms with E-state index in [-0.39, 0.29) is 11.9 Å². The molecule has 1 aliphatic rings. The summed E-state index contributed by atoms with van der Waals surface area (Å²) >= 11 is 0. The number of likely N-dealkylation sites (N-methyl/N-ethyl adjacent to an activating group) is 1. The Labute approximate surface area is 116 Å². The lowest BCUT2D eigenvalue weighted by Gasteiger charge is -2.20. The van der Waals surface area contributed by atoms with E-state index in [1.54, 1.807) is 4.90 Å². The molecule has 0 aliphatic heterocycles. The van der Waals surface area contributed by atoms with Crippen LogP contribution < -0.4 is 5.32 Å². The number of nitrogens with one attached hydrogen (secondary N) is 1. The van der Waals surface area contributed by atoms with Crippen LogP contribution in [0.1, 0.15) is 43.7 Å². The van der Waals surface area contributed by atoms with Crippen LogP contribution >= 0.6 is 0 Å². The van der Waals surface area contributed by atoms with Gasteiger partial charge in [0, 0.05) is 20.1 Å². The highest BCUT2D eigenvalue weighted by Gasteiger charge is 2.23. The third kappa shape index (κ3) is 3.80. The summed E-state index contributed by atoms with van der Waals surface area (Å²) in [6.45, 7) is 5.43. The van der Waals surface area contributed by atoms with E-state index in [9.17, 15) is 4.79 Å². The predicted octanol–water partition coefficient (Wildman–Crippen LogP) is 2.52. The van der Waals surface area contributed by atoms with Crippen LogP contribution in [-0.2, 0) is 11.3 Å². The normalized spacial score (nSPS) is 16.2. The van der Waals surface area contributed by atoms with Gasteiger partial charge in [-0.15, -0.1) is 0 Å². The Morgan fingerprint density at radius 2 is 2.21 bits per heavy atom. The molecule has 1 N–H and O–H groups in total. The van der Waals surface area contributed by atoms with E-state index >= 15 is 0 Å². The number of nitrogens with zero attached hydrogens (tertiary/aromatic N) is 1. The molecule has 19 heavy (non-hydrogen) atoms. The van der Waals surface area contributed by atoms with Crippen molar-refractivity contribution in [1.82, 2.24) is 10.2 Å². The number of carbonyl (C=O) groups is 1. The molecule has 1 unspecified atom stereocenters. The maximum atomic E-state index is 11.9. The molecule has 1 aromatic carbocycles. The number of benzene rings is 1. The zero-order valence-corrected chi connectivity index (χ0v) is 12.1. The Hall–Kier alpha value is -1.35. The lowest BCUT2D eigenvalue weighted by atomic mass is 10.1. The number of hydrogen-bond donors (Lipinski definition) is 1. The summed E-state index contributed by atoms with van der Waals surface area (Å²) in [6, 6.07) is 8.59. The molecule has 3 nitrogen and oxygen atoms in total. The summed E-state index contributed by atoms with van der Waals surface area (Å²) in [6.07, 6.45) is 2.65. The van der Waals surface area contributed by atoms with Gasteiger partial charge in [0.25, 0.3) is 0 Å². The quantitative estimate of drug-likeness (QED) is 0.852. The highest BCUT2D eigenvalue weighted by molar-refractivity contribution is 5.81. The van der Waals surface area contributed by atoms with Crippen molar-refractivity contribution < 1.29 is 4.79 Å². The van der Waals surface area contributed by atoms with Crippen LogP contribution in [-0.4, -0.2) is 30.4 Å². The summed E-state index contributed by atoms with van der Waals surface area (Å²) in [4.78, 5) is 13.7. The maximum absolute atomic E-state index is 11.9. The zero-order valence-electron chi connectivity index (χ0n) is 12.1. The molecule has 3 heteroatoms. The van der Waals surface area contributed by atoms with Gasteiger partial charge in [0.15, 0.2) is 0 Å². The van der Waals surface area contributed by atoms with Gasteiger partial charge in [-0.05, 0) is 43.7 Å². The van der Waals surface area contributed by atoms with Crippen molar-refractivity contribution in [3.63, 3.8) is 0 Å². The average Bonchev–Trinajstić information content (AvgIpc) is 3.28. The molecular weight excluding hydrogens is 236 g/mol. The van der Waals surface area contributed by atoms with Gasteiger partial charge >= 0.3 is 0 Å². The summed E-state index contributed by atoms with van der Waals surface area (Å²) in [7, 11) is 1.84. The first-order chi connectivity index (χ1) is 9.11. The zero-order chi connectivity index (χ0) is 13.8. The number of amides is 1. The predicted molar refractivity (Wildman–Crippen MR) is 78.0 cm³/mol. The molecular formula is C16H24N2O. The van der Waals surface area contributed by atoms with E-state index in [2.05, 4.69) is 29.6 Å². The molecule has 0 aromatic heterocycles. The number of carbonyl (C=O) groups excluding carboxylic acids is 1. The largest absolute Gasteiger partial charge is 0.345 e. The van der Waals surface area contributed by atoms with Crippen molar-refractivity contribution in [1.29, 1.82) is 0 Å². The highest BCUT2D eigenvalue weighted by Crippen LogP contribution is 2.40. The van der Waals surface area contributed by atoms with Crippen molar-refractivity contribution in [2.24, 2.45) is 0 Å². The fourth-order valence-corrected chi connectivity index (χ4v) is 2.22. The summed E-state index contributed by atoms with van der Waals surface area (Å²) < 4.78 is 0. The number of hydrogen-bond acceptors (Lipinski definition) is 2. The van der Waals surface area contributed by atoms with Crippen LogP contribution in [0, 0.1) is 0 Å². The van der Waals surface area contributed by atoms with Crippen LogP contribution in [0.25, 0.3) is 0 Å². The van der Waals surface area contributed by atoms with E-state index in [1.165, 1.54) is 24.0 Å². The summed E-state index contributed by atoms with van der Waals surface area (Å²) in [5.41, 5.74) is 2.71. The standard InChI is InChI=1S/C16H24N2O/c1-4-18(3)16(19)12(2)17-11-13-6-5-7-15(10-13)14-8-9-14/h5-7,10,12,14,17H,4,8-9,11H2,1-3H3. The Balaban J connectivity index is 1.87.